The van der Waals surface area contributed by atoms with E-state index in [0.717, 1.165) is 18.8 Å². The summed E-state index contributed by atoms with van der Waals surface area (Å²) < 4.78 is 0. The Morgan fingerprint density at radius 3 is 3.18 bits per heavy atom. The van der Waals surface area contributed by atoms with Crippen LogP contribution in [0, 0.1) is 11.3 Å². The number of aromatic nitrogens is 1. The lowest BCUT2D eigenvalue weighted by Gasteiger charge is -1.99. The molecule has 0 radical (unpaired) electrons. The Morgan fingerprint density at radius 1 is 1.64 bits per heavy atom. The van der Waals surface area contributed by atoms with Crippen molar-refractivity contribution in [3.8, 4) is 6.07 Å². The first kappa shape index (κ1) is 7.67. The maximum Gasteiger partial charge on any atom is 0.103 e. The summed E-state index contributed by atoms with van der Waals surface area (Å²) in [6, 6.07) is 6.00. The van der Waals surface area contributed by atoms with Crippen molar-refractivity contribution in [2.24, 2.45) is 0 Å². The van der Waals surface area contributed by atoms with E-state index in [1.807, 2.05) is 18.3 Å². The van der Waals surface area contributed by atoms with Crippen molar-refractivity contribution in [3.05, 3.63) is 18.3 Å². The van der Waals surface area contributed by atoms with Crippen LogP contribution in [0.15, 0.2) is 18.3 Å². The number of hydrogen-bond acceptors (Lipinski definition) is 2. The van der Waals surface area contributed by atoms with Gasteiger partial charge in [-0.15, -0.1) is 0 Å². The molecule has 0 aliphatic heterocycles. The van der Waals surface area contributed by atoms with E-state index in [1.165, 1.54) is 0 Å². The highest BCUT2D eigenvalue weighted by Gasteiger charge is 1.88. The third-order valence-electron chi connectivity index (χ3n) is 1.38. The smallest absolute Gasteiger partial charge is 0.103 e. The van der Waals surface area contributed by atoms with Gasteiger partial charge >= 0.3 is 0 Å². The van der Waals surface area contributed by atoms with Crippen LogP contribution in [0.3, 0.4) is 0 Å². The lowest BCUT2D eigenvalue weighted by Crippen LogP contribution is -2.00. The van der Waals surface area contributed by atoms with Crippen molar-refractivity contribution in [2.45, 2.75) is 12.8 Å². The summed E-state index contributed by atoms with van der Waals surface area (Å²) in [5.74, 6) is 1.02. The largest absolute Gasteiger partial charge is 0.372 e. The highest BCUT2D eigenvalue weighted by molar-refractivity contribution is 5.33. The van der Waals surface area contributed by atoms with Gasteiger partial charge in [-0.25, -0.2) is 0 Å². The summed E-state index contributed by atoms with van der Waals surface area (Å²) in [5, 5.41) is 11.4. The van der Waals surface area contributed by atoms with Crippen LogP contribution in [-0.4, -0.2) is 11.5 Å². The number of H-pyrrole nitrogens is 1. The van der Waals surface area contributed by atoms with Gasteiger partial charge in [0.25, 0.3) is 0 Å². The number of anilines is 1. The fraction of sp³-hybridized carbons (Fsp3) is 0.375. The predicted molar refractivity (Wildman–Crippen MR) is 44.1 cm³/mol. The van der Waals surface area contributed by atoms with Crippen LogP contribution in [-0.2, 0) is 0 Å². The number of rotatable bonds is 4. The van der Waals surface area contributed by atoms with Crippen LogP contribution in [0.2, 0.25) is 0 Å². The van der Waals surface area contributed by atoms with Gasteiger partial charge < -0.3 is 10.3 Å². The molecule has 3 nitrogen and oxygen atoms in total. The SMILES string of the molecule is N#CCCCNc1ccc[nH]1. The van der Waals surface area contributed by atoms with Crippen molar-refractivity contribution >= 4 is 5.82 Å². The summed E-state index contributed by atoms with van der Waals surface area (Å²) in [6.07, 6.45) is 3.38. The van der Waals surface area contributed by atoms with Crippen LogP contribution in [0.1, 0.15) is 12.8 Å². The molecule has 0 saturated heterocycles. The minimum atomic E-state index is 0.619. The van der Waals surface area contributed by atoms with Crippen LogP contribution < -0.4 is 5.32 Å². The van der Waals surface area contributed by atoms with E-state index in [9.17, 15) is 0 Å². The molecule has 1 heterocycles. The minimum absolute atomic E-state index is 0.619. The summed E-state index contributed by atoms with van der Waals surface area (Å²) in [5.41, 5.74) is 0. The topological polar surface area (TPSA) is 51.6 Å². The molecule has 1 aromatic heterocycles. The van der Waals surface area contributed by atoms with Gasteiger partial charge in [0.1, 0.15) is 5.82 Å². The van der Waals surface area contributed by atoms with Gasteiger partial charge in [0, 0.05) is 19.2 Å². The maximum absolute atomic E-state index is 8.24. The summed E-state index contributed by atoms with van der Waals surface area (Å²) in [7, 11) is 0. The summed E-state index contributed by atoms with van der Waals surface area (Å²) in [4.78, 5) is 3.02. The fourth-order valence-corrected chi connectivity index (χ4v) is 0.831. The second kappa shape index (κ2) is 4.40. The quantitative estimate of drug-likeness (QED) is 0.640. The zero-order chi connectivity index (χ0) is 7.94. The first-order valence-electron chi connectivity index (χ1n) is 3.67. The Hall–Kier alpha value is -1.43. The van der Waals surface area contributed by atoms with Gasteiger partial charge in [-0.05, 0) is 18.6 Å². The molecule has 0 unspecified atom stereocenters. The van der Waals surface area contributed by atoms with Crippen LogP contribution in [0.25, 0.3) is 0 Å². The molecule has 0 saturated carbocycles. The van der Waals surface area contributed by atoms with E-state index < -0.39 is 0 Å². The third-order valence-corrected chi connectivity index (χ3v) is 1.38. The molecule has 0 bridgehead atoms. The average molecular weight is 149 g/mol. The number of nitrogens with one attached hydrogen (secondary N) is 2. The van der Waals surface area contributed by atoms with Gasteiger partial charge in [-0.3, -0.25) is 0 Å². The van der Waals surface area contributed by atoms with Crippen LogP contribution in [0.5, 0.6) is 0 Å². The molecule has 0 fully saturated rings. The molecule has 3 heteroatoms. The van der Waals surface area contributed by atoms with Crippen LogP contribution >= 0.6 is 0 Å². The van der Waals surface area contributed by atoms with Gasteiger partial charge in [0.05, 0.1) is 6.07 Å². The fourth-order valence-electron chi connectivity index (χ4n) is 0.831. The molecule has 0 aliphatic carbocycles. The van der Waals surface area contributed by atoms with Crippen molar-refractivity contribution in [1.29, 1.82) is 5.26 Å². The van der Waals surface area contributed by atoms with Gasteiger partial charge in [0.15, 0.2) is 0 Å². The monoisotopic (exact) mass is 149 g/mol. The Balaban J connectivity index is 2.10. The standard InChI is InChI=1S/C8H11N3/c9-5-1-2-6-10-8-4-3-7-11-8/h3-4,7,10-11H,1-2,6H2. The molecular weight excluding hydrogens is 138 g/mol. The summed E-state index contributed by atoms with van der Waals surface area (Å²) >= 11 is 0. The molecule has 11 heavy (non-hydrogen) atoms. The first-order valence-corrected chi connectivity index (χ1v) is 3.67. The highest BCUT2D eigenvalue weighted by atomic mass is 15.0. The molecule has 0 spiro atoms. The van der Waals surface area contributed by atoms with E-state index in [4.69, 9.17) is 5.26 Å². The van der Waals surface area contributed by atoms with E-state index in [2.05, 4.69) is 16.4 Å². The first-order chi connectivity index (χ1) is 5.43. The van der Waals surface area contributed by atoms with Gasteiger partial charge in [0.2, 0.25) is 0 Å². The zero-order valence-electron chi connectivity index (χ0n) is 6.30. The molecule has 1 aromatic rings. The number of nitrogens with zero attached hydrogens (tertiary/aromatic N) is 1. The molecule has 1 rings (SSSR count). The van der Waals surface area contributed by atoms with Crippen molar-refractivity contribution in [3.63, 3.8) is 0 Å². The molecule has 0 aromatic carbocycles. The molecular formula is C8H11N3. The van der Waals surface area contributed by atoms with Gasteiger partial charge in [-0.2, -0.15) is 5.26 Å². The third kappa shape index (κ3) is 2.76. The lowest BCUT2D eigenvalue weighted by atomic mass is 10.3. The Bertz CT molecular complexity index is 220. The maximum atomic E-state index is 8.24. The number of nitriles is 1. The molecule has 0 amide bonds. The lowest BCUT2D eigenvalue weighted by molar-refractivity contribution is 0.893. The molecule has 58 valence electrons. The van der Waals surface area contributed by atoms with E-state index >= 15 is 0 Å². The second-order valence-corrected chi connectivity index (χ2v) is 2.27. The molecule has 0 atom stereocenters. The van der Waals surface area contributed by atoms with Crippen molar-refractivity contribution in [1.82, 2.24) is 4.98 Å². The Morgan fingerprint density at radius 2 is 2.55 bits per heavy atom. The normalized spacial score (nSPS) is 9.00. The van der Waals surface area contributed by atoms with Crippen molar-refractivity contribution in [2.75, 3.05) is 11.9 Å². The number of aromatic amines is 1. The van der Waals surface area contributed by atoms with Crippen molar-refractivity contribution < 1.29 is 0 Å². The Kier molecular flexibility index (Phi) is 3.07. The van der Waals surface area contributed by atoms with Crippen LogP contribution in [0.4, 0.5) is 5.82 Å². The van der Waals surface area contributed by atoms with E-state index in [1.54, 1.807) is 0 Å². The number of unbranched alkanes of at least 4 members (excludes halogenated alkanes) is 1. The predicted octanol–water partition coefficient (Wildman–Crippen LogP) is 1.73. The van der Waals surface area contributed by atoms with E-state index in [0.29, 0.717) is 6.42 Å². The Labute approximate surface area is 66.0 Å². The second-order valence-electron chi connectivity index (χ2n) is 2.27. The highest BCUT2D eigenvalue weighted by Crippen LogP contribution is 2.00. The molecule has 0 aliphatic rings. The summed E-state index contributed by atoms with van der Waals surface area (Å²) in [6.45, 7) is 0.855. The average Bonchev–Trinajstić information content (AvgIpc) is 2.50. The van der Waals surface area contributed by atoms with Gasteiger partial charge in [-0.1, -0.05) is 0 Å². The molecule has 2 N–H and O–H groups in total. The number of hydrogen-bond donors (Lipinski definition) is 2. The van der Waals surface area contributed by atoms with E-state index in [-0.39, 0.29) is 0 Å². The zero-order valence-corrected chi connectivity index (χ0v) is 6.30. The minimum Gasteiger partial charge on any atom is -0.372 e.